The Morgan fingerprint density at radius 3 is 1.60 bits per heavy atom. The van der Waals surface area contributed by atoms with Crippen LogP contribution in [0.25, 0.3) is 0 Å². The fraction of sp³-hybridized carbons (Fsp3) is 0.0938. The van der Waals surface area contributed by atoms with Crippen molar-refractivity contribution < 1.29 is 29.0 Å². The number of ketones is 1. The third-order valence-corrected chi connectivity index (χ3v) is 11.3. The number of fused-ring (bicyclic) bond motifs is 1. The Bertz CT molecular complexity index is 1490. The summed E-state index contributed by atoms with van der Waals surface area (Å²) < 4.78 is 10.8. The van der Waals surface area contributed by atoms with Gasteiger partial charge in [0.1, 0.15) is 15.9 Å². The van der Waals surface area contributed by atoms with Crippen LogP contribution in [0.5, 0.6) is 0 Å². The molecule has 0 saturated carbocycles. The van der Waals surface area contributed by atoms with Crippen molar-refractivity contribution in [1.29, 1.82) is 0 Å². The number of anilines is 1. The number of benzene rings is 4. The molecule has 0 saturated heterocycles. The number of ether oxygens (including phenoxy) is 2. The number of nitrogens with zero attached hydrogens (tertiary/aromatic N) is 1. The summed E-state index contributed by atoms with van der Waals surface area (Å²) in [7, 11) is -0.668. The van der Waals surface area contributed by atoms with E-state index in [1.54, 1.807) is 18.2 Å². The number of rotatable bonds is 8. The minimum atomic E-state index is -3.17. The second kappa shape index (κ2) is 11.2. The topological polar surface area (TPSA) is 93.1 Å². The van der Waals surface area contributed by atoms with Crippen LogP contribution in [0.1, 0.15) is 10.4 Å². The zero-order chi connectivity index (χ0) is 28.3. The molecule has 200 valence electrons. The summed E-state index contributed by atoms with van der Waals surface area (Å²) in [4.78, 5) is 41.7. The first-order valence-corrected chi connectivity index (χ1v) is 14.3. The van der Waals surface area contributed by atoms with Crippen molar-refractivity contribution in [3.8, 4) is 0 Å². The molecule has 0 radical (unpaired) electrons. The van der Waals surface area contributed by atoms with Crippen LogP contribution in [0.15, 0.2) is 127 Å². The molecule has 1 atom stereocenters. The standard InChI is InChI=1S/C32H26NO6P/c1-38-31(36)27(33-26-21-13-12-20-25(26)28(34)30(33)35)29(32(37)39-2)40(22-14-6-3-7-15-22,23-16-8-4-9-17-23)24-18-10-5-11-19-24/h3-21,27H,1-2H3/p+1/b32-29+/t27-/m0/s1. The molecule has 0 unspecified atom stereocenters. The van der Waals surface area contributed by atoms with Gasteiger partial charge in [0, 0.05) is 0 Å². The van der Waals surface area contributed by atoms with Crippen molar-refractivity contribution in [3.63, 3.8) is 0 Å². The van der Waals surface area contributed by atoms with Crippen LogP contribution in [-0.2, 0) is 19.1 Å². The summed E-state index contributed by atoms with van der Waals surface area (Å²) in [6, 6.07) is 33.4. The Balaban J connectivity index is 1.95. The third kappa shape index (κ3) is 4.25. The molecule has 4 aromatic carbocycles. The molecular weight excluding hydrogens is 525 g/mol. The van der Waals surface area contributed by atoms with E-state index in [0.29, 0.717) is 0 Å². The van der Waals surface area contributed by atoms with Gasteiger partial charge in [-0.3, -0.25) is 14.5 Å². The van der Waals surface area contributed by atoms with Gasteiger partial charge in [-0.15, -0.1) is 0 Å². The first-order chi connectivity index (χ1) is 19.5. The highest BCUT2D eigenvalue weighted by atomic mass is 31.2. The molecule has 0 spiro atoms. The van der Waals surface area contributed by atoms with E-state index in [2.05, 4.69) is 0 Å². The zero-order valence-electron chi connectivity index (χ0n) is 21.9. The molecule has 1 amide bonds. The van der Waals surface area contributed by atoms with Crippen LogP contribution in [-0.4, -0.2) is 43.0 Å². The van der Waals surface area contributed by atoms with Crippen LogP contribution in [0.3, 0.4) is 0 Å². The number of Topliss-reactive ketones (excluding diaryl/α,β-unsaturated/α-hetero) is 1. The Morgan fingerprint density at radius 1 is 0.700 bits per heavy atom. The summed E-state index contributed by atoms with van der Waals surface area (Å²) in [6.45, 7) is 0. The number of carbonyl (C=O) groups is 3. The number of esters is 1. The Labute approximate surface area is 232 Å². The first-order valence-electron chi connectivity index (χ1n) is 12.5. The molecule has 8 heteroatoms. The van der Waals surface area contributed by atoms with E-state index in [-0.39, 0.29) is 16.6 Å². The maximum Gasteiger partial charge on any atom is 0.337 e. The van der Waals surface area contributed by atoms with Crippen LogP contribution >= 0.6 is 7.26 Å². The van der Waals surface area contributed by atoms with E-state index < -0.39 is 36.9 Å². The van der Waals surface area contributed by atoms with Crippen molar-refractivity contribution in [2.24, 2.45) is 0 Å². The monoisotopic (exact) mass is 552 g/mol. The molecule has 1 aliphatic rings. The molecule has 0 aromatic heterocycles. The van der Waals surface area contributed by atoms with Gasteiger partial charge in [-0.1, -0.05) is 66.7 Å². The lowest BCUT2D eigenvalue weighted by Gasteiger charge is -2.35. The highest BCUT2D eigenvalue weighted by Gasteiger charge is 2.60. The minimum Gasteiger partial charge on any atom is -0.478 e. The molecular formula is C32H27NO6P+. The van der Waals surface area contributed by atoms with E-state index in [9.17, 15) is 19.5 Å². The van der Waals surface area contributed by atoms with Crippen molar-refractivity contribution in [2.75, 3.05) is 19.1 Å². The van der Waals surface area contributed by atoms with Crippen molar-refractivity contribution in [3.05, 3.63) is 132 Å². The highest BCUT2D eigenvalue weighted by Crippen LogP contribution is 2.65. The lowest BCUT2D eigenvalue weighted by Crippen LogP contribution is -2.50. The first kappa shape index (κ1) is 26.9. The summed E-state index contributed by atoms with van der Waals surface area (Å²) in [5.41, 5.74) is 0.419. The zero-order valence-corrected chi connectivity index (χ0v) is 22.8. The van der Waals surface area contributed by atoms with Gasteiger partial charge in [-0.25, -0.2) is 4.79 Å². The lowest BCUT2D eigenvalue weighted by atomic mass is 10.1. The smallest absolute Gasteiger partial charge is 0.337 e. The van der Waals surface area contributed by atoms with Crippen LogP contribution in [0, 0.1) is 0 Å². The largest absolute Gasteiger partial charge is 0.478 e. The van der Waals surface area contributed by atoms with Gasteiger partial charge in [0.2, 0.25) is 11.4 Å². The van der Waals surface area contributed by atoms with Gasteiger partial charge in [0.15, 0.2) is 7.26 Å². The average molecular weight is 553 g/mol. The summed E-state index contributed by atoms with van der Waals surface area (Å²) >= 11 is 0. The molecule has 40 heavy (non-hydrogen) atoms. The number of aliphatic hydroxyl groups is 1. The van der Waals surface area contributed by atoms with Crippen LogP contribution in [0.4, 0.5) is 5.69 Å². The van der Waals surface area contributed by atoms with E-state index >= 15 is 0 Å². The summed E-state index contributed by atoms with van der Waals surface area (Å²) in [6.07, 6.45) is 0. The summed E-state index contributed by atoms with van der Waals surface area (Å²) in [5, 5.41) is 14.2. The molecule has 0 aliphatic carbocycles. The predicted molar refractivity (Wildman–Crippen MR) is 156 cm³/mol. The number of carbonyl (C=O) groups excluding carboxylic acids is 3. The maximum atomic E-state index is 13.9. The summed E-state index contributed by atoms with van der Waals surface area (Å²) in [5.74, 6) is -3.01. The second-order valence-corrected chi connectivity index (χ2v) is 12.4. The molecule has 5 rings (SSSR count). The number of aliphatic hydroxyl groups excluding tert-OH is 1. The lowest BCUT2D eigenvalue weighted by molar-refractivity contribution is -0.142. The van der Waals surface area contributed by atoms with Gasteiger partial charge in [0.05, 0.1) is 25.5 Å². The molecule has 0 fully saturated rings. The van der Waals surface area contributed by atoms with E-state index in [0.717, 1.165) is 20.8 Å². The Hall–Kier alpha value is -4.74. The molecule has 1 aliphatic heterocycles. The Morgan fingerprint density at radius 2 is 1.15 bits per heavy atom. The van der Waals surface area contributed by atoms with Crippen molar-refractivity contribution in [1.82, 2.24) is 0 Å². The van der Waals surface area contributed by atoms with Crippen molar-refractivity contribution in [2.45, 2.75) is 6.04 Å². The third-order valence-electron chi connectivity index (χ3n) is 6.97. The van der Waals surface area contributed by atoms with Gasteiger partial charge < -0.3 is 14.6 Å². The van der Waals surface area contributed by atoms with E-state index in [1.165, 1.54) is 20.3 Å². The number of hydrogen-bond acceptors (Lipinski definition) is 6. The number of hydrogen-bond donors (Lipinski definition) is 1. The van der Waals surface area contributed by atoms with Gasteiger partial charge in [0.25, 0.3) is 5.78 Å². The van der Waals surface area contributed by atoms with Gasteiger partial charge in [-0.05, 0) is 48.5 Å². The predicted octanol–water partition coefficient (Wildman–Crippen LogP) is 4.13. The van der Waals surface area contributed by atoms with Crippen LogP contribution in [0.2, 0.25) is 0 Å². The van der Waals surface area contributed by atoms with E-state index in [1.807, 2.05) is 91.0 Å². The van der Waals surface area contributed by atoms with Gasteiger partial charge >= 0.3 is 17.8 Å². The number of amides is 1. The SMILES string of the molecule is COC(=O)[C@H](/C(=C(/O)OC)[P+](c1ccccc1)(c1ccccc1)c1ccccc1)N1C(=O)C(=O)c2ccccc21. The Kier molecular flexibility index (Phi) is 7.50. The average Bonchev–Trinajstić information content (AvgIpc) is 3.27. The van der Waals surface area contributed by atoms with E-state index in [4.69, 9.17) is 9.47 Å². The van der Waals surface area contributed by atoms with Crippen molar-refractivity contribution >= 4 is 46.5 Å². The highest BCUT2D eigenvalue weighted by molar-refractivity contribution is 7.99. The fourth-order valence-corrected chi connectivity index (χ4v) is 9.84. The molecule has 7 nitrogen and oxygen atoms in total. The maximum absolute atomic E-state index is 13.9. The molecule has 4 aromatic rings. The number of methoxy groups -OCH3 is 2. The molecule has 1 heterocycles. The fourth-order valence-electron chi connectivity index (χ4n) is 5.28. The van der Waals surface area contributed by atoms with Crippen LogP contribution < -0.4 is 20.8 Å². The number of para-hydroxylation sites is 1. The molecule has 0 bridgehead atoms. The minimum absolute atomic E-state index is 0.128. The van der Waals surface area contributed by atoms with Gasteiger partial charge in [-0.2, -0.15) is 0 Å². The second-order valence-electron chi connectivity index (χ2n) is 9.02. The molecule has 1 N–H and O–H groups in total. The quantitative estimate of drug-likeness (QED) is 0.153. The normalized spacial score (nSPS) is 14.3.